The Morgan fingerprint density at radius 1 is 0.767 bits per heavy atom. The third kappa shape index (κ3) is 15.6. The van der Waals surface area contributed by atoms with Gasteiger partial charge in [0.25, 0.3) is 33.7 Å². The lowest BCUT2D eigenvalue weighted by Gasteiger charge is -2.34. The zero-order chi connectivity index (χ0) is 63.5. The van der Waals surface area contributed by atoms with E-state index in [1.807, 2.05) is 92.4 Å². The Morgan fingerprint density at radius 2 is 1.37 bits per heavy atom. The van der Waals surface area contributed by atoms with Gasteiger partial charge in [-0.2, -0.15) is 8.42 Å². The predicted molar refractivity (Wildman–Crippen MR) is 347 cm³/mol. The minimum atomic E-state index is -4.84. The molecule has 0 spiro atoms. The van der Waals surface area contributed by atoms with Crippen LogP contribution in [0.4, 0.5) is 28.4 Å². The third-order valence-corrected chi connectivity index (χ3v) is 20.3. The van der Waals surface area contributed by atoms with Crippen molar-refractivity contribution < 1.29 is 70.1 Å². The lowest BCUT2D eigenvalue weighted by Crippen LogP contribution is -2.44. The Morgan fingerprint density at radius 3 is 2.02 bits per heavy atom. The average molecular weight is 1290 g/mol. The molecule has 0 radical (unpaired) electrons. The molecule has 1 unspecified atom stereocenters. The number of ether oxygens (including phenoxy) is 7. The third-order valence-electron chi connectivity index (χ3n) is 15.8. The molecule has 5 aliphatic heterocycles. The minimum Gasteiger partial charge on any atom is -0.493 e. The van der Waals surface area contributed by atoms with Crippen molar-refractivity contribution >= 4 is 95.9 Å². The number of hydrogen-bond donors (Lipinski definition) is 3. The maximum atomic E-state index is 14.3. The SMILES string of the molecule is CCCOCCOCCOCCN(CC(C)(C)SSCCC(C(=O)NCCN1C(=O)C=CC1=O)S(=O)(=O)O)c1cc(COc2cc3c(cc2OC)C(=O)N2c4ccccc4C[C@H]2C=N3)cc(COc2cc3c(cc2OC)C(=O)N2c4ccccc4C[C@H]2CN3)c1. The molecule has 3 atom stereocenters. The summed E-state index contributed by atoms with van der Waals surface area (Å²) < 4.78 is 77.4. The number of benzene rings is 5. The summed E-state index contributed by atoms with van der Waals surface area (Å²) in [5, 5.41) is 4.17. The molecule has 5 amide bonds. The number of nitrogens with one attached hydrogen (secondary N) is 2. The van der Waals surface area contributed by atoms with E-state index in [-0.39, 0.29) is 62.4 Å². The summed E-state index contributed by atoms with van der Waals surface area (Å²) in [5.74, 6) is -0.716. The van der Waals surface area contributed by atoms with E-state index >= 15 is 0 Å². The van der Waals surface area contributed by atoms with Gasteiger partial charge < -0.3 is 53.6 Å². The van der Waals surface area contributed by atoms with Gasteiger partial charge in [0.15, 0.2) is 28.2 Å². The summed E-state index contributed by atoms with van der Waals surface area (Å²) in [6.45, 7) is 9.77. The molecule has 0 saturated heterocycles. The second kappa shape index (κ2) is 29.5. The van der Waals surface area contributed by atoms with Gasteiger partial charge in [0.2, 0.25) is 5.91 Å². The molecule has 0 aromatic heterocycles. The number of hydrogen-bond acceptors (Lipinski definition) is 19. The molecule has 5 aliphatic rings. The largest absolute Gasteiger partial charge is 0.493 e. The van der Waals surface area contributed by atoms with E-state index in [0.29, 0.717) is 111 Å². The van der Waals surface area contributed by atoms with Gasteiger partial charge in [-0.1, -0.05) is 64.9 Å². The van der Waals surface area contributed by atoms with Crippen LogP contribution in [-0.2, 0) is 64.8 Å². The van der Waals surface area contributed by atoms with Crippen LogP contribution in [0.15, 0.2) is 108 Å². The van der Waals surface area contributed by atoms with Crippen molar-refractivity contribution in [1.29, 1.82) is 0 Å². The monoisotopic (exact) mass is 1290 g/mol. The molecule has 0 saturated carbocycles. The van der Waals surface area contributed by atoms with Gasteiger partial charge in [-0.25, -0.2) is 0 Å². The Labute approximate surface area is 532 Å². The first-order valence-electron chi connectivity index (χ1n) is 29.9. The van der Waals surface area contributed by atoms with Crippen molar-refractivity contribution in [2.75, 3.05) is 112 Å². The fraction of sp³-hybridized carbons (Fsp3) is 0.415. The smallest absolute Gasteiger partial charge is 0.276 e. The summed E-state index contributed by atoms with van der Waals surface area (Å²) in [6.07, 6.45) is 6.08. The molecule has 5 heterocycles. The van der Waals surface area contributed by atoms with E-state index < -0.39 is 37.8 Å². The number of imide groups is 1. The van der Waals surface area contributed by atoms with Crippen LogP contribution in [0.3, 0.4) is 0 Å². The number of carbonyl (C=O) groups is 5. The van der Waals surface area contributed by atoms with Crippen LogP contribution in [0.25, 0.3) is 0 Å². The number of para-hydroxylation sites is 2. The molecule has 3 N–H and O–H groups in total. The molecule has 10 rings (SSSR count). The zero-order valence-corrected chi connectivity index (χ0v) is 53.4. The first kappa shape index (κ1) is 65.3. The number of carbonyl (C=O) groups excluding carboxylic acids is 5. The summed E-state index contributed by atoms with van der Waals surface area (Å²) in [6, 6.07) is 28.4. The highest BCUT2D eigenvalue weighted by atomic mass is 33.1. The first-order chi connectivity index (χ1) is 43.4. The second-order valence-corrected chi connectivity index (χ2v) is 27.4. The number of methoxy groups -OCH3 is 2. The standard InChI is InChI=1S/C65H75N7O15S3/c1-6-21-83-23-25-85-26-24-84-22-20-69(41-65(2,3)89-88-27-17-59(90(78,79)80)62(75)66-18-19-70-60(73)15-16-61(70)74)46-29-42(39-86-57-35-51-49(33-55(57)81-4)63(76)71-47(37-67-51)31-44-11-7-9-13-53(44)71)28-43(30-46)40-87-58-36-52-50(34-56(58)82-5)64(77)72-48(38-68-52)32-45-12-8-10-14-54(45)72/h7-16,28-30,33-37,47-48,59,68H,6,17-27,31-32,38-41H2,1-5H3,(H,66,75)(H,78,79,80)/t47-,48-,59?/m0/s1. The fourth-order valence-corrected chi connectivity index (χ4v) is 15.0. The van der Waals surface area contributed by atoms with E-state index in [9.17, 15) is 36.9 Å². The first-order valence-corrected chi connectivity index (χ1v) is 33.8. The van der Waals surface area contributed by atoms with Crippen LogP contribution in [0.5, 0.6) is 23.0 Å². The van der Waals surface area contributed by atoms with Crippen LogP contribution >= 0.6 is 21.6 Å². The molecule has 90 heavy (non-hydrogen) atoms. The van der Waals surface area contributed by atoms with Crippen LogP contribution in [0.1, 0.15) is 76.6 Å². The number of rotatable bonds is 32. The highest BCUT2D eigenvalue weighted by Crippen LogP contribution is 2.44. The maximum Gasteiger partial charge on any atom is 0.276 e. The lowest BCUT2D eigenvalue weighted by atomic mass is 10.1. The molecule has 25 heteroatoms. The highest BCUT2D eigenvalue weighted by molar-refractivity contribution is 8.77. The molecule has 0 fully saturated rings. The Kier molecular flexibility index (Phi) is 21.4. The number of nitrogens with zero attached hydrogens (tertiary/aromatic N) is 5. The molecule has 5 aromatic rings. The van der Waals surface area contributed by atoms with Gasteiger partial charge in [0.05, 0.1) is 81.8 Å². The van der Waals surface area contributed by atoms with Crippen molar-refractivity contribution in [3.8, 4) is 23.0 Å². The molecular formula is C65H75N7O15S3. The number of amides is 5. The van der Waals surface area contributed by atoms with E-state index in [2.05, 4.69) is 21.6 Å². The normalized spacial score (nSPS) is 16.8. The Hall–Kier alpha value is -7.65. The van der Waals surface area contributed by atoms with Crippen molar-refractivity contribution in [1.82, 2.24) is 10.2 Å². The van der Waals surface area contributed by atoms with E-state index in [0.717, 1.165) is 69.2 Å². The summed E-state index contributed by atoms with van der Waals surface area (Å²) in [7, 11) is 1.04. The van der Waals surface area contributed by atoms with E-state index in [1.165, 1.54) is 35.8 Å². The predicted octanol–water partition coefficient (Wildman–Crippen LogP) is 8.26. The van der Waals surface area contributed by atoms with Gasteiger partial charge in [0.1, 0.15) is 13.2 Å². The number of fused-ring (bicyclic) bond motifs is 8. The lowest BCUT2D eigenvalue weighted by molar-refractivity contribution is -0.137. The van der Waals surface area contributed by atoms with Gasteiger partial charge >= 0.3 is 0 Å². The Bertz CT molecular complexity index is 3640. The van der Waals surface area contributed by atoms with Crippen LogP contribution in [0.2, 0.25) is 0 Å². The zero-order valence-electron chi connectivity index (χ0n) is 51.0. The molecule has 5 aromatic carbocycles. The van der Waals surface area contributed by atoms with Gasteiger partial charge in [-0.3, -0.25) is 43.3 Å². The number of aliphatic imine (C=N–C) groups is 1. The molecule has 0 bridgehead atoms. The minimum absolute atomic E-state index is 0.0383. The van der Waals surface area contributed by atoms with Crippen LogP contribution in [0, 0.1) is 0 Å². The topological polar surface area (TPSA) is 254 Å². The van der Waals surface area contributed by atoms with Crippen molar-refractivity contribution in [2.24, 2.45) is 4.99 Å². The summed E-state index contributed by atoms with van der Waals surface area (Å²) >= 11 is 0. The van der Waals surface area contributed by atoms with Gasteiger partial charge in [0, 0.05) is 104 Å². The average Bonchev–Trinajstić information content (AvgIpc) is 1.66. The molecule has 0 aliphatic carbocycles. The number of anilines is 4. The Balaban J connectivity index is 0.905. The van der Waals surface area contributed by atoms with Crippen LogP contribution in [-0.4, -0.2) is 168 Å². The van der Waals surface area contributed by atoms with E-state index in [1.54, 1.807) is 29.3 Å². The highest BCUT2D eigenvalue weighted by Gasteiger charge is 2.40. The quantitative estimate of drug-likeness (QED) is 0.0158. The molecule has 22 nitrogen and oxygen atoms in total. The summed E-state index contributed by atoms with van der Waals surface area (Å²) in [4.78, 5) is 77.4. The van der Waals surface area contributed by atoms with Crippen LogP contribution < -0.4 is 44.3 Å². The van der Waals surface area contributed by atoms with Gasteiger partial charge in [-0.05, 0) is 97.8 Å². The van der Waals surface area contributed by atoms with Crippen molar-refractivity contribution in [3.63, 3.8) is 0 Å². The summed E-state index contributed by atoms with van der Waals surface area (Å²) in [5.41, 5.74) is 8.12. The molecular weight excluding hydrogens is 1210 g/mol. The maximum absolute atomic E-state index is 14.3. The second-order valence-electron chi connectivity index (χ2n) is 22.7. The molecule has 478 valence electrons. The van der Waals surface area contributed by atoms with Gasteiger partial charge in [-0.15, -0.1) is 0 Å². The fourth-order valence-electron chi connectivity index (χ4n) is 11.5. The van der Waals surface area contributed by atoms with Crippen molar-refractivity contribution in [3.05, 3.63) is 137 Å². The van der Waals surface area contributed by atoms with Crippen molar-refractivity contribution in [2.45, 2.75) is 81.7 Å². The van der Waals surface area contributed by atoms with E-state index in [4.69, 9.17) is 38.2 Å².